The van der Waals surface area contributed by atoms with E-state index in [9.17, 15) is 0 Å². The van der Waals surface area contributed by atoms with E-state index in [1.807, 2.05) is 37.2 Å². The minimum Gasteiger partial charge on any atom is -1.00 e. The topological polar surface area (TPSA) is 29.0 Å². The molecule has 0 amide bonds. The minimum atomic E-state index is 0. The van der Waals surface area contributed by atoms with Crippen molar-refractivity contribution in [3.63, 3.8) is 0 Å². The highest BCUT2D eigenvalue weighted by Gasteiger charge is 1.83. The van der Waals surface area contributed by atoms with Crippen LogP contribution in [0.4, 0.5) is 0 Å². The van der Waals surface area contributed by atoms with Gasteiger partial charge in [0.25, 0.3) is 0 Å². The molecule has 0 aromatic carbocycles. The highest BCUT2D eigenvalue weighted by Crippen LogP contribution is 1.99. The molecule has 60 valence electrons. The summed E-state index contributed by atoms with van der Waals surface area (Å²) >= 11 is 1.55. The quantitative estimate of drug-likeness (QED) is 0.342. The minimum absolute atomic E-state index is 0. The van der Waals surface area contributed by atoms with Gasteiger partial charge in [-0.2, -0.15) is 0 Å². The van der Waals surface area contributed by atoms with Crippen molar-refractivity contribution in [2.24, 2.45) is 5.73 Å². The molecule has 0 bridgehead atoms. The molecule has 0 aliphatic carbocycles. The molecule has 0 fully saturated rings. The van der Waals surface area contributed by atoms with E-state index in [0.29, 0.717) is 0 Å². The third-order valence-corrected chi connectivity index (χ3v) is 1.38. The predicted molar refractivity (Wildman–Crippen MR) is 44.0 cm³/mol. The third kappa shape index (κ3) is 8.29. The summed E-state index contributed by atoms with van der Waals surface area (Å²) in [5.74, 6) is 0. The number of nitrogens with zero attached hydrogens (tertiary/aromatic N) is 1. The van der Waals surface area contributed by atoms with Crippen molar-refractivity contribution in [2.75, 3.05) is 20.4 Å². The van der Waals surface area contributed by atoms with Crippen molar-refractivity contribution in [3.05, 3.63) is 11.1 Å². The maximum atomic E-state index is 5.49. The Bertz CT molecular complexity index is 139. The average Bonchev–Trinajstić information content (AvgIpc) is 1.83. The van der Waals surface area contributed by atoms with Gasteiger partial charge in [-0.05, 0) is 6.26 Å². The summed E-state index contributed by atoms with van der Waals surface area (Å²) in [6.07, 6.45) is 5.76. The summed E-state index contributed by atoms with van der Waals surface area (Å²) in [6, 6.07) is 0. The zero-order chi connectivity index (χ0) is 7.28. The van der Waals surface area contributed by atoms with Crippen molar-refractivity contribution in [1.29, 1.82) is 0 Å². The Hall–Kier alpha value is 0.290. The second kappa shape index (κ2) is 7.40. The van der Waals surface area contributed by atoms with E-state index >= 15 is 0 Å². The molecule has 0 aliphatic rings. The van der Waals surface area contributed by atoms with Gasteiger partial charge < -0.3 is 29.7 Å². The second-order valence-electron chi connectivity index (χ2n) is 1.89. The van der Waals surface area contributed by atoms with Gasteiger partial charge in [0.15, 0.2) is 6.21 Å². The number of nitrogens with two attached hydrogens (primary N) is 1. The smallest absolute Gasteiger partial charge is 0.165 e. The van der Waals surface area contributed by atoms with Gasteiger partial charge >= 0.3 is 0 Å². The number of thioether (sulfide) groups is 1. The van der Waals surface area contributed by atoms with Gasteiger partial charge in [-0.25, -0.2) is 4.58 Å². The molecule has 10 heavy (non-hydrogen) atoms. The van der Waals surface area contributed by atoms with E-state index in [1.54, 1.807) is 11.8 Å². The molecular formula is C6H13IN2S. The van der Waals surface area contributed by atoms with Crippen LogP contribution < -0.4 is 29.7 Å². The first kappa shape index (κ1) is 12.9. The molecular weight excluding hydrogens is 259 g/mol. The zero-order valence-corrected chi connectivity index (χ0v) is 9.44. The molecule has 2 nitrogen and oxygen atoms in total. The lowest BCUT2D eigenvalue weighted by molar-refractivity contribution is -0.458. The fourth-order valence-electron chi connectivity index (χ4n) is 0.291. The average molecular weight is 272 g/mol. The van der Waals surface area contributed by atoms with Crippen LogP contribution in [0.25, 0.3) is 0 Å². The molecule has 0 saturated carbocycles. The highest BCUT2D eigenvalue weighted by atomic mass is 127. The number of halogens is 1. The Morgan fingerprint density at radius 3 is 2.30 bits per heavy atom. The van der Waals surface area contributed by atoms with Crippen molar-refractivity contribution < 1.29 is 28.6 Å². The van der Waals surface area contributed by atoms with Crippen LogP contribution in [0.2, 0.25) is 0 Å². The Balaban J connectivity index is 0. The number of allylic oxidation sites excluding steroid dienone is 1. The molecule has 0 unspecified atom stereocenters. The van der Waals surface area contributed by atoms with E-state index in [1.165, 1.54) is 0 Å². The van der Waals surface area contributed by atoms with Gasteiger partial charge in [0, 0.05) is 6.08 Å². The largest absolute Gasteiger partial charge is 1.00 e. The first-order valence-corrected chi connectivity index (χ1v) is 3.90. The summed E-state index contributed by atoms with van der Waals surface area (Å²) in [6.45, 7) is 0. The molecule has 2 N–H and O–H groups in total. The molecule has 0 spiro atoms. The predicted octanol–water partition coefficient (Wildman–Crippen LogP) is -2.50. The van der Waals surface area contributed by atoms with E-state index in [2.05, 4.69) is 0 Å². The molecule has 0 heterocycles. The number of rotatable bonds is 2. The maximum absolute atomic E-state index is 5.49. The highest BCUT2D eigenvalue weighted by molar-refractivity contribution is 8.02. The molecule has 0 radical (unpaired) electrons. The Labute approximate surface area is 83.6 Å². The molecule has 0 aromatic rings. The Morgan fingerprint density at radius 2 is 2.00 bits per heavy atom. The van der Waals surface area contributed by atoms with Gasteiger partial charge in [0.05, 0.1) is 5.03 Å². The maximum Gasteiger partial charge on any atom is 0.165 e. The number of hydrogen-bond acceptors (Lipinski definition) is 2. The summed E-state index contributed by atoms with van der Waals surface area (Å²) in [5.41, 5.74) is 5.49. The van der Waals surface area contributed by atoms with Gasteiger partial charge in [0.2, 0.25) is 0 Å². The SMILES string of the molecule is CS/C(N)=C\C=[N+](C)C.[I-]. The fraction of sp³-hybridized carbons (Fsp3) is 0.500. The summed E-state index contributed by atoms with van der Waals surface area (Å²) in [5, 5.41) is 0.837. The number of hydrogen-bond donors (Lipinski definition) is 1. The lowest BCUT2D eigenvalue weighted by Gasteiger charge is -1.87. The van der Waals surface area contributed by atoms with E-state index in [-0.39, 0.29) is 24.0 Å². The normalized spacial score (nSPS) is 10.1. The van der Waals surface area contributed by atoms with Crippen LogP contribution in [0, 0.1) is 0 Å². The van der Waals surface area contributed by atoms with Crippen LogP contribution >= 0.6 is 11.8 Å². The molecule has 0 rings (SSSR count). The monoisotopic (exact) mass is 272 g/mol. The summed E-state index contributed by atoms with van der Waals surface area (Å²) in [4.78, 5) is 0. The van der Waals surface area contributed by atoms with Gasteiger partial charge in [-0.15, -0.1) is 11.8 Å². The summed E-state index contributed by atoms with van der Waals surface area (Å²) in [7, 11) is 3.92. The first-order valence-electron chi connectivity index (χ1n) is 2.68. The molecule has 4 heteroatoms. The Kier molecular flexibility index (Phi) is 9.56. The first-order chi connectivity index (χ1) is 4.16. The molecule has 0 aromatic heterocycles. The van der Waals surface area contributed by atoms with E-state index in [0.717, 1.165) is 5.03 Å². The van der Waals surface area contributed by atoms with Crippen LogP contribution in [0.3, 0.4) is 0 Å². The van der Waals surface area contributed by atoms with Crippen LogP contribution in [0.15, 0.2) is 11.1 Å². The Morgan fingerprint density at radius 1 is 1.50 bits per heavy atom. The molecule has 0 atom stereocenters. The second-order valence-corrected chi connectivity index (χ2v) is 2.77. The van der Waals surface area contributed by atoms with Crippen LogP contribution in [0.5, 0.6) is 0 Å². The van der Waals surface area contributed by atoms with E-state index in [4.69, 9.17) is 5.73 Å². The zero-order valence-electron chi connectivity index (χ0n) is 6.47. The summed E-state index contributed by atoms with van der Waals surface area (Å²) < 4.78 is 1.95. The van der Waals surface area contributed by atoms with Gasteiger partial charge in [0.1, 0.15) is 14.1 Å². The van der Waals surface area contributed by atoms with Crippen molar-refractivity contribution in [2.45, 2.75) is 0 Å². The van der Waals surface area contributed by atoms with Crippen LogP contribution in [0.1, 0.15) is 0 Å². The van der Waals surface area contributed by atoms with E-state index < -0.39 is 0 Å². The van der Waals surface area contributed by atoms with Crippen LogP contribution in [-0.4, -0.2) is 31.1 Å². The lowest BCUT2D eigenvalue weighted by atomic mass is 10.6. The fourth-order valence-corrected chi connectivity index (χ4v) is 0.488. The van der Waals surface area contributed by atoms with Crippen molar-refractivity contribution >= 4 is 18.0 Å². The molecule has 0 aliphatic heterocycles. The standard InChI is InChI=1S/C6H12N2S.HI/c1-8(2)5-4-6(7)9-3;/h4-5,7H,1-3H3;1H. The lowest BCUT2D eigenvalue weighted by Crippen LogP contribution is -3.00. The van der Waals surface area contributed by atoms with Crippen molar-refractivity contribution in [1.82, 2.24) is 0 Å². The van der Waals surface area contributed by atoms with Crippen molar-refractivity contribution in [3.8, 4) is 0 Å². The van der Waals surface area contributed by atoms with Gasteiger partial charge in [-0.3, -0.25) is 0 Å². The van der Waals surface area contributed by atoms with Crippen LogP contribution in [-0.2, 0) is 0 Å². The van der Waals surface area contributed by atoms with Gasteiger partial charge in [-0.1, -0.05) is 0 Å². The molecule has 0 saturated heterocycles. The third-order valence-electron chi connectivity index (χ3n) is 0.773.